The molecule has 3 N–H and O–H groups in total. The Bertz CT molecular complexity index is 854. The maximum atomic E-state index is 12.0. The molecule has 0 aromatic carbocycles. The van der Waals surface area contributed by atoms with Crippen molar-refractivity contribution in [2.24, 2.45) is 7.05 Å². The molecule has 1 fully saturated rings. The number of anilines is 2. The molecule has 1 saturated heterocycles. The molecular formula is C16H22N6O3. The number of nitrogens with one attached hydrogen (secondary N) is 3. The lowest BCUT2D eigenvalue weighted by atomic mass is 10.0. The van der Waals surface area contributed by atoms with E-state index in [-0.39, 0.29) is 11.5 Å². The molecule has 0 saturated carbocycles. The topological polar surface area (TPSA) is 114 Å². The molecule has 0 aliphatic carbocycles. The third-order valence-electron chi connectivity index (χ3n) is 4.27. The largest absolute Gasteiger partial charge is 0.381 e. The molecular weight excluding hydrogens is 324 g/mol. The first-order valence-corrected chi connectivity index (χ1v) is 8.24. The van der Waals surface area contributed by atoms with E-state index in [1.165, 1.54) is 13.2 Å². The van der Waals surface area contributed by atoms with Gasteiger partial charge in [0.1, 0.15) is 5.82 Å². The SMILES string of the molecule is CNc1nc(NCCc2c[nH]c(=O)n(C)c2=O)cc([C@@H]2CCOC2)n1. The monoisotopic (exact) mass is 346 g/mol. The predicted molar refractivity (Wildman–Crippen MR) is 94.3 cm³/mol. The van der Waals surface area contributed by atoms with Crippen LogP contribution in [0.25, 0.3) is 0 Å². The quantitative estimate of drug-likeness (QED) is 0.678. The van der Waals surface area contributed by atoms with Crippen LogP contribution in [0.3, 0.4) is 0 Å². The molecule has 25 heavy (non-hydrogen) atoms. The first-order chi connectivity index (χ1) is 12.1. The van der Waals surface area contributed by atoms with E-state index in [0.717, 1.165) is 23.3 Å². The molecule has 3 heterocycles. The molecule has 0 spiro atoms. The van der Waals surface area contributed by atoms with Crippen molar-refractivity contribution in [2.75, 3.05) is 37.4 Å². The van der Waals surface area contributed by atoms with Crippen LogP contribution in [0, 0.1) is 0 Å². The van der Waals surface area contributed by atoms with Gasteiger partial charge in [-0.3, -0.25) is 9.36 Å². The Morgan fingerprint density at radius 1 is 1.40 bits per heavy atom. The van der Waals surface area contributed by atoms with Gasteiger partial charge in [0.2, 0.25) is 5.95 Å². The highest BCUT2D eigenvalue weighted by molar-refractivity contribution is 5.43. The smallest absolute Gasteiger partial charge is 0.328 e. The van der Waals surface area contributed by atoms with Crippen molar-refractivity contribution in [1.29, 1.82) is 0 Å². The number of hydrogen-bond donors (Lipinski definition) is 3. The Kier molecular flexibility index (Phi) is 5.13. The van der Waals surface area contributed by atoms with Crippen LogP contribution in [-0.4, -0.2) is 46.3 Å². The Balaban J connectivity index is 1.70. The third-order valence-corrected chi connectivity index (χ3v) is 4.27. The first-order valence-electron chi connectivity index (χ1n) is 8.24. The van der Waals surface area contributed by atoms with Gasteiger partial charge < -0.3 is 20.4 Å². The summed E-state index contributed by atoms with van der Waals surface area (Å²) in [6.07, 6.45) is 2.89. The number of H-pyrrole nitrogens is 1. The number of aromatic nitrogens is 4. The van der Waals surface area contributed by atoms with Crippen LogP contribution in [0.2, 0.25) is 0 Å². The zero-order chi connectivity index (χ0) is 17.8. The highest BCUT2D eigenvalue weighted by atomic mass is 16.5. The zero-order valence-electron chi connectivity index (χ0n) is 14.3. The maximum absolute atomic E-state index is 12.0. The molecule has 0 unspecified atom stereocenters. The van der Waals surface area contributed by atoms with E-state index in [2.05, 4.69) is 25.6 Å². The molecule has 2 aromatic heterocycles. The van der Waals surface area contributed by atoms with Crippen LogP contribution < -0.4 is 21.9 Å². The fourth-order valence-corrected chi connectivity index (χ4v) is 2.76. The van der Waals surface area contributed by atoms with Crippen LogP contribution in [0.5, 0.6) is 0 Å². The van der Waals surface area contributed by atoms with Crippen LogP contribution in [0.15, 0.2) is 21.9 Å². The van der Waals surface area contributed by atoms with Crippen LogP contribution in [-0.2, 0) is 18.2 Å². The Morgan fingerprint density at radius 2 is 2.24 bits per heavy atom. The van der Waals surface area contributed by atoms with Gasteiger partial charge in [-0.2, -0.15) is 4.98 Å². The summed E-state index contributed by atoms with van der Waals surface area (Å²) in [6, 6.07) is 1.92. The van der Waals surface area contributed by atoms with Crippen molar-refractivity contribution in [3.63, 3.8) is 0 Å². The van der Waals surface area contributed by atoms with E-state index in [9.17, 15) is 9.59 Å². The summed E-state index contributed by atoms with van der Waals surface area (Å²) in [4.78, 5) is 34.9. The van der Waals surface area contributed by atoms with Crippen molar-refractivity contribution in [1.82, 2.24) is 19.5 Å². The minimum atomic E-state index is -0.417. The van der Waals surface area contributed by atoms with Gasteiger partial charge in [0, 0.05) is 51.0 Å². The fourth-order valence-electron chi connectivity index (χ4n) is 2.76. The minimum Gasteiger partial charge on any atom is -0.381 e. The van der Waals surface area contributed by atoms with Crippen molar-refractivity contribution in [2.45, 2.75) is 18.8 Å². The number of hydrogen-bond acceptors (Lipinski definition) is 7. The maximum Gasteiger partial charge on any atom is 0.328 e. The second-order valence-electron chi connectivity index (χ2n) is 5.97. The summed E-state index contributed by atoms with van der Waals surface area (Å²) in [5.41, 5.74) is 0.786. The van der Waals surface area contributed by atoms with Crippen molar-refractivity contribution >= 4 is 11.8 Å². The van der Waals surface area contributed by atoms with Gasteiger partial charge in [-0.1, -0.05) is 0 Å². The van der Waals surface area contributed by atoms with E-state index < -0.39 is 5.69 Å². The van der Waals surface area contributed by atoms with Gasteiger partial charge in [-0.15, -0.1) is 0 Å². The van der Waals surface area contributed by atoms with Gasteiger partial charge >= 0.3 is 5.69 Å². The zero-order valence-corrected chi connectivity index (χ0v) is 14.3. The summed E-state index contributed by atoms with van der Waals surface area (Å²) >= 11 is 0. The van der Waals surface area contributed by atoms with E-state index in [1.807, 2.05) is 6.07 Å². The van der Waals surface area contributed by atoms with Gasteiger partial charge in [-0.25, -0.2) is 9.78 Å². The molecule has 2 aromatic rings. The van der Waals surface area contributed by atoms with Gasteiger partial charge in [0.25, 0.3) is 5.56 Å². The molecule has 134 valence electrons. The molecule has 9 nitrogen and oxygen atoms in total. The molecule has 1 aliphatic heterocycles. The average Bonchev–Trinajstić information content (AvgIpc) is 3.16. The normalized spacial score (nSPS) is 16.8. The second kappa shape index (κ2) is 7.47. The Morgan fingerprint density at radius 3 is 2.96 bits per heavy atom. The van der Waals surface area contributed by atoms with E-state index in [0.29, 0.717) is 36.9 Å². The van der Waals surface area contributed by atoms with E-state index in [1.54, 1.807) is 7.05 Å². The molecule has 3 rings (SSSR count). The molecule has 0 radical (unpaired) electrons. The molecule has 1 aliphatic rings. The van der Waals surface area contributed by atoms with Crippen molar-refractivity contribution < 1.29 is 4.74 Å². The van der Waals surface area contributed by atoms with Gasteiger partial charge in [0.15, 0.2) is 0 Å². The number of rotatable bonds is 6. The summed E-state index contributed by atoms with van der Waals surface area (Å²) in [5, 5.41) is 6.19. The lowest BCUT2D eigenvalue weighted by molar-refractivity contribution is 0.193. The van der Waals surface area contributed by atoms with Crippen LogP contribution in [0.1, 0.15) is 23.6 Å². The van der Waals surface area contributed by atoms with Crippen molar-refractivity contribution in [3.05, 3.63) is 44.4 Å². The third kappa shape index (κ3) is 3.87. The summed E-state index contributed by atoms with van der Waals surface area (Å²) < 4.78 is 6.50. The lowest BCUT2D eigenvalue weighted by Gasteiger charge is -2.12. The number of nitrogens with zero attached hydrogens (tertiary/aromatic N) is 3. The fraction of sp³-hybridized carbons (Fsp3) is 0.500. The van der Waals surface area contributed by atoms with Gasteiger partial charge in [-0.05, 0) is 12.8 Å². The summed E-state index contributed by atoms with van der Waals surface area (Å²) in [5.74, 6) is 1.52. The molecule has 9 heteroatoms. The molecule has 1 atom stereocenters. The van der Waals surface area contributed by atoms with Crippen LogP contribution in [0.4, 0.5) is 11.8 Å². The highest BCUT2D eigenvalue weighted by Crippen LogP contribution is 2.25. The van der Waals surface area contributed by atoms with Crippen molar-refractivity contribution in [3.8, 4) is 0 Å². The first kappa shape index (κ1) is 17.2. The van der Waals surface area contributed by atoms with E-state index >= 15 is 0 Å². The number of aromatic amines is 1. The number of ether oxygens (including phenoxy) is 1. The summed E-state index contributed by atoms with van der Waals surface area (Å²) in [7, 11) is 3.23. The average molecular weight is 346 g/mol. The standard InChI is InChI=1S/C16H22N6O3/c1-17-15-20-12(11-4-6-25-9-11)7-13(21-15)18-5-3-10-8-19-16(24)22(2)14(10)23/h7-8,11H,3-6,9H2,1-2H3,(H,19,24)(H2,17,18,20,21)/t11-/m1/s1. The van der Waals surface area contributed by atoms with Gasteiger partial charge in [0.05, 0.1) is 12.3 Å². The highest BCUT2D eigenvalue weighted by Gasteiger charge is 2.20. The summed E-state index contributed by atoms with van der Waals surface area (Å²) in [6.45, 7) is 1.94. The molecule has 0 bridgehead atoms. The second-order valence-corrected chi connectivity index (χ2v) is 5.97. The van der Waals surface area contributed by atoms with E-state index in [4.69, 9.17) is 4.74 Å². The lowest BCUT2D eigenvalue weighted by Crippen LogP contribution is -2.34. The Labute approximate surface area is 144 Å². The van der Waals surface area contributed by atoms with Crippen LogP contribution >= 0.6 is 0 Å². The predicted octanol–water partition coefficient (Wildman–Crippen LogP) is 0.0638. The minimum absolute atomic E-state index is 0.280. The molecule has 0 amide bonds. The Hall–Kier alpha value is -2.68.